The molecule has 102 valence electrons. The van der Waals surface area contributed by atoms with Crippen molar-refractivity contribution in [2.24, 2.45) is 0 Å². The van der Waals surface area contributed by atoms with E-state index in [-0.39, 0.29) is 11.7 Å². The van der Waals surface area contributed by atoms with Crippen LogP contribution in [0.3, 0.4) is 0 Å². The third kappa shape index (κ3) is 2.39. The van der Waals surface area contributed by atoms with Crippen molar-refractivity contribution in [3.63, 3.8) is 0 Å². The molecule has 1 unspecified atom stereocenters. The Kier molecular flexibility index (Phi) is 3.54. The fourth-order valence-corrected chi connectivity index (χ4v) is 3.20. The van der Waals surface area contributed by atoms with Gasteiger partial charge < -0.3 is 4.90 Å². The van der Waals surface area contributed by atoms with E-state index in [2.05, 4.69) is 23.7 Å². The van der Waals surface area contributed by atoms with Gasteiger partial charge in [0.15, 0.2) is 0 Å². The van der Waals surface area contributed by atoms with Gasteiger partial charge in [-0.2, -0.15) is 11.8 Å². The molecule has 4 heteroatoms. The fraction of sp³-hybridized carbons (Fsp3) is 0.533. The highest BCUT2D eigenvalue weighted by atomic mass is 32.2. The molecule has 1 aliphatic heterocycles. The van der Waals surface area contributed by atoms with Gasteiger partial charge >= 0.3 is 0 Å². The molecular formula is C15H20N2OS. The van der Waals surface area contributed by atoms with E-state index in [0.717, 1.165) is 31.6 Å². The number of carbonyl (C=O) groups excluding carboxylic acids is 1. The Morgan fingerprint density at radius 1 is 1.37 bits per heavy atom. The van der Waals surface area contributed by atoms with Crippen LogP contribution >= 0.6 is 11.8 Å². The van der Waals surface area contributed by atoms with Gasteiger partial charge in [0.25, 0.3) is 0 Å². The number of amides is 1. The first-order chi connectivity index (χ1) is 9.27. The van der Waals surface area contributed by atoms with Gasteiger partial charge in [0.1, 0.15) is 11.7 Å². The zero-order chi connectivity index (χ0) is 13.3. The zero-order valence-corrected chi connectivity index (χ0v) is 12.1. The Morgan fingerprint density at radius 2 is 2.11 bits per heavy atom. The fourth-order valence-electron chi connectivity index (χ4n) is 2.79. The maximum atomic E-state index is 12.5. The first-order valence-electron chi connectivity index (χ1n) is 6.89. The highest BCUT2D eigenvalue weighted by Gasteiger charge is 2.59. The van der Waals surface area contributed by atoms with E-state index in [4.69, 9.17) is 0 Å². The smallest absolute Gasteiger partial charge is 0.244 e. The van der Waals surface area contributed by atoms with E-state index in [1.807, 2.05) is 34.9 Å². The van der Waals surface area contributed by atoms with Gasteiger partial charge in [-0.3, -0.25) is 10.1 Å². The molecule has 1 amide bonds. The van der Waals surface area contributed by atoms with Crippen molar-refractivity contribution >= 4 is 17.7 Å². The van der Waals surface area contributed by atoms with E-state index in [1.165, 1.54) is 5.56 Å². The summed E-state index contributed by atoms with van der Waals surface area (Å²) in [5.41, 5.74) is 0.976. The Labute approximate surface area is 118 Å². The summed E-state index contributed by atoms with van der Waals surface area (Å²) in [4.78, 5) is 14.6. The van der Waals surface area contributed by atoms with Crippen molar-refractivity contribution in [2.75, 3.05) is 18.6 Å². The van der Waals surface area contributed by atoms with Crippen LogP contribution in [-0.2, 0) is 4.79 Å². The molecule has 0 aromatic heterocycles. The number of nitrogens with zero attached hydrogens (tertiary/aromatic N) is 1. The minimum Gasteiger partial charge on any atom is -0.321 e. The predicted molar refractivity (Wildman–Crippen MR) is 79.0 cm³/mol. The lowest BCUT2D eigenvalue weighted by Crippen LogP contribution is -2.33. The van der Waals surface area contributed by atoms with Gasteiger partial charge in [-0.15, -0.1) is 0 Å². The molecule has 1 aromatic carbocycles. The van der Waals surface area contributed by atoms with Gasteiger partial charge in [0.2, 0.25) is 5.91 Å². The number of rotatable bonds is 5. The topological polar surface area (TPSA) is 32.3 Å². The largest absolute Gasteiger partial charge is 0.321 e. The second-order valence-electron chi connectivity index (χ2n) is 5.38. The second kappa shape index (κ2) is 5.17. The first-order valence-corrected chi connectivity index (χ1v) is 8.29. The molecule has 2 aliphatic rings. The number of hydrogen-bond donors (Lipinski definition) is 1. The maximum absolute atomic E-state index is 12.5. The van der Waals surface area contributed by atoms with Crippen molar-refractivity contribution in [1.82, 2.24) is 10.2 Å². The molecule has 1 N–H and O–H groups in total. The van der Waals surface area contributed by atoms with Crippen LogP contribution < -0.4 is 5.32 Å². The summed E-state index contributed by atoms with van der Waals surface area (Å²) in [5.74, 6) is 1.42. The Hall–Kier alpha value is -1.00. The number of thioether (sulfide) groups is 1. The molecule has 1 saturated carbocycles. The van der Waals surface area contributed by atoms with Gasteiger partial charge in [0.05, 0.1) is 0 Å². The summed E-state index contributed by atoms with van der Waals surface area (Å²) in [6.07, 6.45) is 5.23. The quantitative estimate of drug-likeness (QED) is 0.838. The average Bonchev–Trinajstić information content (AvgIpc) is 3.17. The SMILES string of the molecule is CSCCCN1C(=O)C2(CC2)NC1c1ccccc1. The number of carbonyl (C=O) groups is 1. The molecule has 0 bridgehead atoms. The van der Waals surface area contributed by atoms with E-state index in [1.54, 1.807) is 0 Å². The van der Waals surface area contributed by atoms with Crippen LogP contribution in [0.1, 0.15) is 31.0 Å². The highest BCUT2D eigenvalue weighted by Crippen LogP contribution is 2.45. The summed E-state index contributed by atoms with van der Waals surface area (Å²) in [6, 6.07) is 10.3. The van der Waals surface area contributed by atoms with Crippen LogP contribution in [-0.4, -0.2) is 34.9 Å². The molecule has 1 aromatic rings. The Bertz CT molecular complexity index is 458. The van der Waals surface area contributed by atoms with E-state index in [9.17, 15) is 4.79 Å². The summed E-state index contributed by atoms with van der Waals surface area (Å²) in [5, 5.41) is 3.55. The van der Waals surface area contributed by atoms with E-state index >= 15 is 0 Å². The predicted octanol–water partition coefficient (Wildman–Crippen LogP) is 2.40. The summed E-state index contributed by atoms with van der Waals surface area (Å²) < 4.78 is 0. The minimum atomic E-state index is -0.222. The van der Waals surface area contributed by atoms with Crippen molar-refractivity contribution < 1.29 is 4.79 Å². The second-order valence-corrected chi connectivity index (χ2v) is 6.37. The zero-order valence-electron chi connectivity index (χ0n) is 11.3. The third-order valence-electron chi connectivity index (χ3n) is 4.01. The molecule has 1 saturated heterocycles. The molecule has 3 nitrogen and oxygen atoms in total. The van der Waals surface area contributed by atoms with Gasteiger partial charge in [-0.1, -0.05) is 30.3 Å². The van der Waals surface area contributed by atoms with Crippen LogP contribution in [0.2, 0.25) is 0 Å². The van der Waals surface area contributed by atoms with Crippen molar-refractivity contribution in [3.05, 3.63) is 35.9 Å². The monoisotopic (exact) mass is 276 g/mol. The number of hydrogen-bond acceptors (Lipinski definition) is 3. The summed E-state index contributed by atoms with van der Waals surface area (Å²) >= 11 is 1.84. The van der Waals surface area contributed by atoms with Crippen molar-refractivity contribution in [2.45, 2.75) is 31.0 Å². The Balaban J connectivity index is 1.78. The highest BCUT2D eigenvalue weighted by molar-refractivity contribution is 7.98. The molecular weight excluding hydrogens is 256 g/mol. The normalized spacial score (nSPS) is 24.2. The molecule has 1 atom stereocenters. The molecule has 19 heavy (non-hydrogen) atoms. The third-order valence-corrected chi connectivity index (χ3v) is 4.70. The van der Waals surface area contributed by atoms with E-state index < -0.39 is 0 Å². The van der Waals surface area contributed by atoms with Crippen LogP contribution in [0, 0.1) is 0 Å². The average molecular weight is 276 g/mol. The lowest BCUT2D eigenvalue weighted by Gasteiger charge is -2.24. The maximum Gasteiger partial charge on any atom is 0.244 e. The molecule has 1 aliphatic carbocycles. The van der Waals surface area contributed by atoms with Crippen LogP contribution in [0.15, 0.2) is 30.3 Å². The lowest BCUT2D eigenvalue weighted by atomic mass is 10.1. The van der Waals surface area contributed by atoms with Gasteiger partial charge in [0, 0.05) is 6.54 Å². The van der Waals surface area contributed by atoms with Crippen LogP contribution in [0.5, 0.6) is 0 Å². The Morgan fingerprint density at radius 3 is 2.74 bits per heavy atom. The van der Waals surface area contributed by atoms with Crippen LogP contribution in [0.4, 0.5) is 0 Å². The molecule has 1 spiro atoms. The summed E-state index contributed by atoms with van der Waals surface area (Å²) in [6.45, 7) is 0.855. The van der Waals surface area contributed by atoms with Gasteiger partial charge in [-0.25, -0.2) is 0 Å². The number of nitrogens with one attached hydrogen (secondary N) is 1. The van der Waals surface area contributed by atoms with Crippen LogP contribution in [0.25, 0.3) is 0 Å². The van der Waals surface area contributed by atoms with E-state index in [0.29, 0.717) is 5.91 Å². The lowest BCUT2D eigenvalue weighted by molar-refractivity contribution is -0.130. The number of benzene rings is 1. The molecule has 0 radical (unpaired) electrons. The van der Waals surface area contributed by atoms with Gasteiger partial charge in [-0.05, 0) is 36.8 Å². The molecule has 3 rings (SSSR count). The minimum absolute atomic E-state index is 0.0676. The molecule has 2 fully saturated rings. The standard InChI is InChI=1S/C15H20N2OS/c1-19-11-5-10-17-13(12-6-3-2-4-7-12)16-15(8-9-15)14(17)18/h2-4,6-7,13,16H,5,8-11H2,1H3. The molecule has 1 heterocycles. The van der Waals surface area contributed by atoms with Crippen molar-refractivity contribution in [3.8, 4) is 0 Å². The first kappa shape index (κ1) is 13.0. The van der Waals surface area contributed by atoms with Crippen molar-refractivity contribution in [1.29, 1.82) is 0 Å². The summed E-state index contributed by atoms with van der Waals surface area (Å²) in [7, 11) is 0.